The van der Waals surface area contributed by atoms with Gasteiger partial charge in [0.25, 0.3) is 5.91 Å². The highest BCUT2D eigenvalue weighted by Gasteiger charge is 2.19. The monoisotopic (exact) mass is 406 g/mol. The van der Waals surface area contributed by atoms with Gasteiger partial charge in [0.2, 0.25) is 5.13 Å². The molecule has 0 saturated heterocycles. The number of methoxy groups -OCH3 is 3. The molecular weight excluding hydrogens is 388 g/mol. The molecule has 0 aliphatic carbocycles. The van der Waals surface area contributed by atoms with Crippen LogP contribution in [-0.2, 0) is 11.3 Å². The normalized spacial score (nSPS) is 10.7. The Kier molecular flexibility index (Phi) is 5.99. The second kappa shape index (κ2) is 8.42. The van der Waals surface area contributed by atoms with Crippen LogP contribution in [0.25, 0.3) is 10.6 Å². The van der Waals surface area contributed by atoms with Crippen molar-refractivity contribution >= 4 is 33.7 Å². The zero-order chi connectivity index (χ0) is 19.4. The van der Waals surface area contributed by atoms with Crippen LogP contribution in [0.1, 0.15) is 20.4 Å². The van der Waals surface area contributed by atoms with Crippen LogP contribution >= 0.6 is 22.7 Å². The van der Waals surface area contributed by atoms with Gasteiger partial charge in [-0.2, -0.15) is 0 Å². The Labute approximate surface area is 164 Å². The Morgan fingerprint density at radius 1 is 1.11 bits per heavy atom. The van der Waals surface area contributed by atoms with Crippen LogP contribution < -0.4 is 14.8 Å². The Morgan fingerprint density at radius 3 is 2.59 bits per heavy atom. The first-order chi connectivity index (χ1) is 13.0. The summed E-state index contributed by atoms with van der Waals surface area (Å²) in [5.74, 6) is 0.973. The van der Waals surface area contributed by atoms with Crippen molar-refractivity contribution in [2.75, 3.05) is 26.6 Å². The molecule has 8 nitrogen and oxygen atoms in total. The third kappa shape index (κ3) is 4.24. The Morgan fingerprint density at radius 2 is 1.89 bits per heavy atom. The smallest absolute Gasteiger partial charge is 0.269 e. The average Bonchev–Trinajstić information content (AvgIpc) is 3.27. The number of anilines is 1. The lowest BCUT2D eigenvalue weighted by Gasteiger charge is -2.08. The molecule has 142 valence electrons. The number of rotatable bonds is 7. The van der Waals surface area contributed by atoms with Crippen molar-refractivity contribution in [2.45, 2.75) is 13.5 Å². The third-order valence-corrected chi connectivity index (χ3v) is 5.61. The SMILES string of the molecule is COCc1nnc(NC(=O)c2sc(-c3ccc(OC)c(OC)c3)nc2C)s1. The van der Waals surface area contributed by atoms with Crippen LogP contribution in [-0.4, -0.2) is 42.4 Å². The van der Waals surface area contributed by atoms with Gasteiger partial charge in [-0.05, 0) is 25.1 Å². The van der Waals surface area contributed by atoms with Gasteiger partial charge in [0.05, 0.1) is 19.9 Å². The van der Waals surface area contributed by atoms with Gasteiger partial charge in [-0.25, -0.2) is 4.98 Å². The van der Waals surface area contributed by atoms with Gasteiger partial charge in [-0.15, -0.1) is 21.5 Å². The van der Waals surface area contributed by atoms with Crippen molar-refractivity contribution in [1.82, 2.24) is 15.2 Å². The van der Waals surface area contributed by atoms with Crippen molar-refractivity contribution in [3.8, 4) is 22.1 Å². The van der Waals surface area contributed by atoms with E-state index in [1.54, 1.807) is 28.3 Å². The Balaban J connectivity index is 1.82. The summed E-state index contributed by atoms with van der Waals surface area (Å²) in [6.07, 6.45) is 0. The lowest BCUT2D eigenvalue weighted by atomic mass is 10.2. The van der Waals surface area contributed by atoms with Crippen LogP contribution in [0.4, 0.5) is 5.13 Å². The molecule has 0 atom stereocenters. The summed E-state index contributed by atoms with van der Waals surface area (Å²) in [6.45, 7) is 2.16. The predicted octanol–water partition coefficient (Wildman–Crippen LogP) is 3.39. The summed E-state index contributed by atoms with van der Waals surface area (Å²) in [6, 6.07) is 5.52. The van der Waals surface area contributed by atoms with Gasteiger partial charge in [0, 0.05) is 12.7 Å². The number of thiazole rings is 1. The number of amides is 1. The lowest BCUT2D eigenvalue weighted by Crippen LogP contribution is -2.11. The minimum absolute atomic E-state index is 0.267. The molecule has 3 aromatic rings. The number of benzene rings is 1. The molecule has 1 aromatic carbocycles. The van der Waals surface area contributed by atoms with E-state index < -0.39 is 0 Å². The number of nitrogens with one attached hydrogen (secondary N) is 1. The second-order valence-corrected chi connectivity index (χ2v) is 7.45. The molecule has 0 radical (unpaired) electrons. The number of hydrogen-bond donors (Lipinski definition) is 1. The maximum absolute atomic E-state index is 12.6. The molecule has 2 aromatic heterocycles. The van der Waals surface area contributed by atoms with Crippen molar-refractivity contribution in [3.05, 3.63) is 33.8 Å². The molecule has 0 saturated carbocycles. The van der Waals surface area contributed by atoms with Crippen LogP contribution in [0.2, 0.25) is 0 Å². The van der Waals surface area contributed by atoms with Gasteiger partial charge >= 0.3 is 0 Å². The molecule has 3 rings (SSSR count). The van der Waals surface area contributed by atoms with Crippen LogP contribution in [0.5, 0.6) is 11.5 Å². The molecule has 2 heterocycles. The molecular formula is C17H18N4O4S2. The minimum atomic E-state index is -0.267. The maximum atomic E-state index is 12.6. The highest BCUT2D eigenvalue weighted by molar-refractivity contribution is 7.17. The lowest BCUT2D eigenvalue weighted by molar-refractivity contribution is 0.102. The van der Waals surface area contributed by atoms with Crippen molar-refractivity contribution in [2.24, 2.45) is 0 Å². The van der Waals surface area contributed by atoms with E-state index >= 15 is 0 Å². The number of ether oxygens (including phenoxy) is 3. The first kappa shape index (κ1) is 19.2. The van der Waals surface area contributed by atoms with Crippen molar-refractivity contribution in [3.63, 3.8) is 0 Å². The Bertz CT molecular complexity index is 954. The van der Waals surface area contributed by atoms with Crippen LogP contribution in [0.3, 0.4) is 0 Å². The molecule has 0 aliphatic heterocycles. The highest BCUT2D eigenvalue weighted by atomic mass is 32.1. The first-order valence-corrected chi connectivity index (χ1v) is 9.51. The average molecular weight is 406 g/mol. The number of hydrogen-bond acceptors (Lipinski definition) is 9. The quantitative estimate of drug-likeness (QED) is 0.642. The topological polar surface area (TPSA) is 95.5 Å². The van der Waals surface area contributed by atoms with E-state index in [4.69, 9.17) is 14.2 Å². The van der Waals surface area contributed by atoms with Gasteiger partial charge < -0.3 is 14.2 Å². The number of aromatic nitrogens is 3. The summed E-state index contributed by atoms with van der Waals surface area (Å²) in [7, 11) is 4.74. The van der Waals surface area contributed by atoms with Crippen LogP contribution in [0.15, 0.2) is 18.2 Å². The molecule has 27 heavy (non-hydrogen) atoms. The maximum Gasteiger partial charge on any atom is 0.269 e. The molecule has 0 bridgehead atoms. The fourth-order valence-electron chi connectivity index (χ4n) is 2.34. The highest BCUT2D eigenvalue weighted by Crippen LogP contribution is 2.35. The fraction of sp³-hybridized carbons (Fsp3) is 0.294. The summed E-state index contributed by atoms with van der Waals surface area (Å²) in [5, 5.41) is 12.5. The van der Waals surface area contributed by atoms with Crippen LogP contribution in [0, 0.1) is 6.92 Å². The molecule has 0 spiro atoms. The van der Waals surface area contributed by atoms with Gasteiger partial charge in [0.15, 0.2) is 11.5 Å². The van der Waals surface area contributed by atoms with E-state index in [0.29, 0.717) is 38.8 Å². The summed E-state index contributed by atoms with van der Waals surface area (Å²) in [4.78, 5) is 17.6. The molecule has 10 heteroatoms. The van der Waals surface area contributed by atoms with E-state index in [-0.39, 0.29) is 5.91 Å². The summed E-state index contributed by atoms with van der Waals surface area (Å²) < 4.78 is 15.6. The van der Waals surface area contributed by atoms with Crippen molar-refractivity contribution < 1.29 is 19.0 Å². The molecule has 0 fully saturated rings. The number of nitrogens with zero attached hydrogens (tertiary/aromatic N) is 3. The standard InChI is InChI=1S/C17H18N4O4S2/c1-9-14(15(22)19-17-21-20-13(26-17)8-23-2)27-16(18-9)10-5-6-11(24-3)12(7-10)25-4/h5-7H,8H2,1-4H3,(H,19,21,22). The molecule has 1 N–H and O–H groups in total. The molecule has 0 unspecified atom stereocenters. The van der Waals surface area contributed by atoms with Gasteiger partial charge in [0.1, 0.15) is 21.5 Å². The van der Waals surface area contributed by atoms with E-state index in [2.05, 4.69) is 20.5 Å². The number of aryl methyl sites for hydroxylation is 1. The van der Waals surface area contributed by atoms with E-state index in [1.165, 1.54) is 22.7 Å². The van der Waals surface area contributed by atoms with Crippen molar-refractivity contribution in [1.29, 1.82) is 0 Å². The second-order valence-electron chi connectivity index (χ2n) is 5.39. The largest absolute Gasteiger partial charge is 0.493 e. The molecule has 1 amide bonds. The number of carbonyl (C=O) groups excluding carboxylic acids is 1. The van der Waals surface area contributed by atoms with Gasteiger partial charge in [-0.1, -0.05) is 11.3 Å². The minimum Gasteiger partial charge on any atom is -0.493 e. The molecule has 0 aliphatic rings. The third-order valence-electron chi connectivity index (χ3n) is 3.59. The zero-order valence-corrected chi connectivity index (χ0v) is 16.9. The fourth-order valence-corrected chi connectivity index (χ4v) is 4.00. The van der Waals surface area contributed by atoms with E-state index in [9.17, 15) is 4.79 Å². The van der Waals surface area contributed by atoms with E-state index in [0.717, 1.165) is 10.6 Å². The zero-order valence-electron chi connectivity index (χ0n) is 15.2. The Hall–Kier alpha value is -2.56. The van der Waals surface area contributed by atoms with Gasteiger partial charge in [-0.3, -0.25) is 10.1 Å². The first-order valence-electron chi connectivity index (χ1n) is 7.88. The summed E-state index contributed by atoms with van der Waals surface area (Å²) in [5.41, 5.74) is 1.49. The summed E-state index contributed by atoms with van der Waals surface area (Å²) >= 11 is 2.58. The predicted molar refractivity (Wildman–Crippen MR) is 104 cm³/mol. The number of carbonyl (C=O) groups is 1. The van der Waals surface area contributed by atoms with E-state index in [1.807, 2.05) is 18.2 Å².